The van der Waals surface area contributed by atoms with Gasteiger partial charge in [-0.1, -0.05) is 12.1 Å². The molecule has 0 saturated carbocycles. The van der Waals surface area contributed by atoms with Gasteiger partial charge in [-0.15, -0.1) is 0 Å². The van der Waals surface area contributed by atoms with Crippen LogP contribution in [-0.4, -0.2) is 58.2 Å². The molecule has 4 aromatic rings. The first kappa shape index (κ1) is 26.1. The van der Waals surface area contributed by atoms with Gasteiger partial charge in [-0.2, -0.15) is 0 Å². The molecule has 4 aromatic carbocycles. The van der Waals surface area contributed by atoms with E-state index in [-0.39, 0.29) is 64.2 Å². The Kier molecular flexibility index (Phi) is 6.04. The van der Waals surface area contributed by atoms with Gasteiger partial charge in [-0.3, -0.25) is 0 Å². The fraction of sp³-hybridized carbons (Fsp3) is 0.200. The Bertz CT molecular complexity index is 1680. The summed E-state index contributed by atoms with van der Waals surface area (Å²) in [4.78, 5) is 0. The highest BCUT2D eigenvalue weighted by molar-refractivity contribution is 5.63. The number of phenols is 8. The van der Waals surface area contributed by atoms with E-state index in [1.165, 1.54) is 48.5 Å². The van der Waals surface area contributed by atoms with Crippen LogP contribution in [0.25, 0.3) is 0 Å². The number of benzene rings is 4. The van der Waals surface area contributed by atoms with E-state index in [1.54, 1.807) is 0 Å². The molecule has 0 bridgehead atoms. The quantitative estimate of drug-likeness (QED) is 0.165. The molecule has 0 fully saturated rings. The molecule has 11 heteroatoms. The Morgan fingerprint density at radius 3 is 2.00 bits per heavy atom. The fourth-order valence-electron chi connectivity index (χ4n) is 5.67. The highest BCUT2D eigenvalue weighted by Crippen LogP contribution is 2.53. The summed E-state index contributed by atoms with van der Waals surface area (Å²) < 4.78 is 12.4. The molecular formula is C30H26O11. The van der Waals surface area contributed by atoms with Gasteiger partial charge in [0.25, 0.3) is 0 Å². The predicted octanol–water partition coefficient (Wildman–Crippen LogP) is 3.50. The minimum atomic E-state index is -1.18. The number of hydrogen-bond donors (Lipinski definition) is 9. The predicted molar refractivity (Wildman–Crippen MR) is 142 cm³/mol. The van der Waals surface area contributed by atoms with Crippen molar-refractivity contribution in [2.75, 3.05) is 0 Å². The van der Waals surface area contributed by atoms with E-state index in [0.29, 0.717) is 16.7 Å². The minimum absolute atomic E-state index is 0.0227. The van der Waals surface area contributed by atoms with Crippen LogP contribution in [0.5, 0.6) is 57.5 Å². The van der Waals surface area contributed by atoms with Gasteiger partial charge in [0.2, 0.25) is 0 Å². The van der Waals surface area contributed by atoms with Gasteiger partial charge in [0.15, 0.2) is 23.0 Å². The van der Waals surface area contributed by atoms with E-state index in [4.69, 9.17) is 9.47 Å². The number of rotatable bonds is 4. The maximum absolute atomic E-state index is 11.2. The summed E-state index contributed by atoms with van der Waals surface area (Å²) in [6.07, 6.45) is -3.09. The Morgan fingerprint density at radius 2 is 1.29 bits per heavy atom. The molecule has 0 spiro atoms. The molecule has 9 N–H and O–H groups in total. The molecule has 0 radical (unpaired) electrons. The standard InChI is InChI=1S/C30H26O11/c31-14-7-19(34)15-10-26(40-25(15)8-14)27(12-1-3-17(32)21(36)5-12)28-23(38)11-20(35)16-9-24(39)29(41-30(16)28)13-2-4-18(33)22(37)6-13/h1-8,11,24,26-27,29,31-39H,9-10H2/t24-,26-,27-,29-/m0/s1. The van der Waals surface area contributed by atoms with Crippen LogP contribution in [-0.2, 0) is 12.8 Å². The highest BCUT2D eigenvalue weighted by atomic mass is 16.5. The van der Waals surface area contributed by atoms with Gasteiger partial charge >= 0.3 is 0 Å². The lowest BCUT2D eigenvalue weighted by atomic mass is 9.81. The molecule has 2 heterocycles. The topological polar surface area (TPSA) is 201 Å². The zero-order valence-corrected chi connectivity index (χ0v) is 21.3. The molecule has 212 valence electrons. The SMILES string of the molecule is Oc1cc(O)c2c(c1)O[C@H]([C@H](c1ccc(O)c(O)c1)c1c(O)cc(O)c3c1O[C@@H](c1ccc(O)c(O)c1)[C@@H](O)C3)C2. The number of phenolic OH excluding ortho intramolecular Hbond substituents is 8. The van der Waals surface area contributed by atoms with Crippen molar-refractivity contribution in [1.82, 2.24) is 0 Å². The van der Waals surface area contributed by atoms with E-state index in [1.807, 2.05) is 0 Å². The molecule has 0 aliphatic carbocycles. The second-order valence-corrected chi connectivity index (χ2v) is 10.2. The monoisotopic (exact) mass is 562 g/mol. The highest BCUT2D eigenvalue weighted by Gasteiger charge is 2.42. The van der Waals surface area contributed by atoms with Crippen molar-refractivity contribution in [3.63, 3.8) is 0 Å². The number of aliphatic hydroxyl groups excluding tert-OH is 1. The maximum atomic E-state index is 11.2. The van der Waals surface area contributed by atoms with E-state index < -0.39 is 41.5 Å². The Morgan fingerprint density at radius 1 is 0.610 bits per heavy atom. The number of aliphatic hydroxyl groups is 1. The van der Waals surface area contributed by atoms with Gasteiger partial charge in [0, 0.05) is 47.7 Å². The van der Waals surface area contributed by atoms with Crippen LogP contribution in [0.3, 0.4) is 0 Å². The summed E-state index contributed by atoms with van der Waals surface area (Å²) in [7, 11) is 0. The summed E-state index contributed by atoms with van der Waals surface area (Å²) in [5, 5.41) is 93.5. The van der Waals surface area contributed by atoms with Crippen molar-refractivity contribution in [2.45, 2.75) is 37.1 Å². The molecule has 2 aliphatic rings. The second-order valence-electron chi connectivity index (χ2n) is 10.2. The van der Waals surface area contributed by atoms with E-state index in [0.717, 1.165) is 6.07 Å². The first-order valence-corrected chi connectivity index (χ1v) is 12.7. The summed E-state index contributed by atoms with van der Waals surface area (Å²) >= 11 is 0. The van der Waals surface area contributed by atoms with Gasteiger partial charge in [0.05, 0.1) is 12.0 Å². The lowest BCUT2D eigenvalue weighted by Gasteiger charge is -2.35. The third kappa shape index (κ3) is 4.36. The molecule has 0 aromatic heterocycles. The molecule has 0 unspecified atom stereocenters. The minimum Gasteiger partial charge on any atom is -0.508 e. The summed E-state index contributed by atoms with van der Waals surface area (Å²) in [5.74, 6) is -3.47. The molecule has 4 atom stereocenters. The molecule has 0 amide bonds. The van der Waals surface area contributed by atoms with Crippen LogP contribution >= 0.6 is 0 Å². The number of ether oxygens (including phenoxy) is 2. The summed E-state index contributed by atoms with van der Waals surface area (Å²) in [6.45, 7) is 0. The first-order valence-electron chi connectivity index (χ1n) is 12.7. The van der Waals surface area contributed by atoms with Crippen molar-refractivity contribution in [2.24, 2.45) is 0 Å². The molecule has 6 rings (SSSR count). The van der Waals surface area contributed by atoms with E-state index >= 15 is 0 Å². The Labute approximate surface area is 232 Å². The van der Waals surface area contributed by atoms with Crippen molar-refractivity contribution in [1.29, 1.82) is 0 Å². The zero-order valence-electron chi connectivity index (χ0n) is 21.3. The van der Waals surface area contributed by atoms with E-state index in [9.17, 15) is 46.0 Å². The lowest BCUT2D eigenvalue weighted by Crippen LogP contribution is -2.32. The van der Waals surface area contributed by atoms with Gasteiger partial charge in [0.1, 0.15) is 46.7 Å². The van der Waals surface area contributed by atoms with Crippen molar-refractivity contribution in [3.8, 4) is 57.5 Å². The molecule has 2 aliphatic heterocycles. The van der Waals surface area contributed by atoms with Gasteiger partial charge < -0.3 is 55.4 Å². The van der Waals surface area contributed by atoms with Crippen molar-refractivity contribution < 1.29 is 55.4 Å². The van der Waals surface area contributed by atoms with Crippen molar-refractivity contribution in [3.05, 3.63) is 82.4 Å². The van der Waals surface area contributed by atoms with Crippen LogP contribution in [0.2, 0.25) is 0 Å². The average Bonchev–Trinajstić information content (AvgIpc) is 3.34. The first-order chi connectivity index (χ1) is 19.5. The van der Waals surface area contributed by atoms with Crippen molar-refractivity contribution >= 4 is 0 Å². The normalized spacial score (nSPS) is 20.0. The second kappa shape index (κ2) is 9.49. The fourth-order valence-corrected chi connectivity index (χ4v) is 5.67. The van der Waals surface area contributed by atoms with E-state index in [2.05, 4.69) is 0 Å². The lowest BCUT2D eigenvalue weighted by molar-refractivity contribution is 0.0183. The van der Waals surface area contributed by atoms with Gasteiger partial charge in [-0.05, 0) is 35.4 Å². The smallest absolute Gasteiger partial charge is 0.157 e. The molecular weight excluding hydrogens is 536 g/mol. The Hall–Kier alpha value is -5.16. The van der Waals surface area contributed by atoms with Crippen LogP contribution in [0.1, 0.15) is 39.8 Å². The largest absolute Gasteiger partial charge is 0.508 e. The number of fused-ring (bicyclic) bond motifs is 2. The third-order valence-electron chi connectivity index (χ3n) is 7.61. The molecule has 41 heavy (non-hydrogen) atoms. The van der Waals surface area contributed by atoms with Gasteiger partial charge in [-0.25, -0.2) is 0 Å². The Balaban J connectivity index is 1.52. The summed E-state index contributed by atoms with van der Waals surface area (Å²) in [6, 6.07) is 11.6. The van der Waals surface area contributed by atoms with Crippen LogP contribution in [0, 0.1) is 0 Å². The molecule has 11 nitrogen and oxygen atoms in total. The van der Waals surface area contributed by atoms with Crippen LogP contribution in [0.4, 0.5) is 0 Å². The molecule has 0 saturated heterocycles. The average molecular weight is 563 g/mol. The van der Waals surface area contributed by atoms with Crippen LogP contribution < -0.4 is 9.47 Å². The van der Waals surface area contributed by atoms with Crippen LogP contribution in [0.15, 0.2) is 54.6 Å². The third-order valence-corrected chi connectivity index (χ3v) is 7.61. The maximum Gasteiger partial charge on any atom is 0.157 e. The number of aromatic hydroxyl groups is 8. The zero-order chi connectivity index (χ0) is 29.2. The summed E-state index contributed by atoms with van der Waals surface area (Å²) in [5.41, 5.74) is 1.41. The number of hydrogen-bond acceptors (Lipinski definition) is 11.